The molecule has 4 heteroatoms. The number of nitrogens with one attached hydrogen (secondary N) is 1. The van der Waals surface area contributed by atoms with Crippen LogP contribution in [0.2, 0.25) is 0 Å². The van der Waals surface area contributed by atoms with Crippen LogP contribution in [0.25, 0.3) is 0 Å². The van der Waals surface area contributed by atoms with E-state index in [-0.39, 0.29) is 18.1 Å². The van der Waals surface area contributed by atoms with Crippen molar-refractivity contribution in [1.82, 2.24) is 5.32 Å². The SMILES string of the molecule is CCCCCCC(C)OC(C)CC(C)(NCC)C(N)=O. The number of unbranched alkanes of at least 4 members (excludes halogenated alkanes) is 3. The summed E-state index contributed by atoms with van der Waals surface area (Å²) in [5.41, 5.74) is 4.81. The molecule has 0 aliphatic carbocycles. The van der Waals surface area contributed by atoms with Crippen LogP contribution in [0.1, 0.15) is 73.1 Å². The quantitative estimate of drug-likeness (QED) is 0.542. The summed E-state index contributed by atoms with van der Waals surface area (Å²) in [5.74, 6) is -0.314. The number of hydrogen-bond donors (Lipinski definition) is 2. The predicted molar refractivity (Wildman–Crippen MR) is 84.7 cm³/mol. The Labute approximate surface area is 124 Å². The second-order valence-electron chi connectivity index (χ2n) is 6.04. The highest BCUT2D eigenvalue weighted by Gasteiger charge is 2.32. The van der Waals surface area contributed by atoms with E-state index in [2.05, 4.69) is 19.2 Å². The lowest BCUT2D eigenvalue weighted by Gasteiger charge is -2.31. The molecule has 0 heterocycles. The summed E-state index contributed by atoms with van der Waals surface area (Å²) in [6, 6.07) is 0. The number of rotatable bonds is 12. The molecule has 0 rings (SSSR count). The van der Waals surface area contributed by atoms with E-state index in [4.69, 9.17) is 10.5 Å². The van der Waals surface area contributed by atoms with Gasteiger partial charge in [0.1, 0.15) is 0 Å². The monoisotopic (exact) mass is 286 g/mol. The second-order valence-corrected chi connectivity index (χ2v) is 6.04. The van der Waals surface area contributed by atoms with E-state index in [0.29, 0.717) is 6.42 Å². The molecule has 20 heavy (non-hydrogen) atoms. The Kier molecular flexibility index (Phi) is 9.86. The van der Waals surface area contributed by atoms with E-state index in [1.165, 1.54) is 25.7 Å². The van der Waals surface area contributed by atoms with Crippen molar-refractivity contribution in [3.05, 3.63) is 0 Å². The Balaban J connectivity index is 4.12. The van der Waals surface area contributed by atoms with Crippen LogP contribution in [0.15, 0.2) is 0 Å². The Morgan fingerprint density at radius 3 is 2.35 bits per heavy atom. The van der Waals surface area contributed by atoms with Crippen LogP contribution in [-0.2, 0) is 9.53 Å². The molecule has 0 fully saturated rings. The first kappa shape index (κ1) is 19.4. The van der Waals surface area contributed by atoms with Gasteiger partial charge in [-0.25, -0.2) is 0 Å². The first-order valence-corrected chi connectivity index (χ1v) is 8.06. The summed E-state index contributed by atoms with van der Waals surface area (Å²) in [5, 5.41) is 3.17. The number of amides is 1. The summed E-state index contributed by atoms with van der Waals surface area (Å²) in [6.07, 6.45) is 6.98. The van der Waals surface area contributed by atoms with Gasteiger partial charge in [-0.1, -0.05) is 39.5 Å². The van der Waals surface area contributed by atoms with E-state index in [0.717, 1.165) is 13.0 Å². The lowest BCUT2D eigenvalue weighted by atomic mass is 9.93. The van der Waals surface area contributed by atoms with Crippen LogP contribution in [0.5, 0.6) is 0 Å². The van der Waals surface area contributed by atoms with Crippen LogP contribution in [0.3, 0.4) is 0 Å². The highest BCUT2D eigenvalue weighted by Crippen LogP contribution is 2.17. The van der Waals surface area contributed by atoms with Crippen molar-refractivity contribution in [1.29, 1.82) is 0 Å². The second kappa shape index (κ2) is 10.2. The van der Waals surface area contributed by atoms with Gasteiger partial charge in [0, 0.05) is 6.42 Å². The van der Waals surface area contributed by atoms with Crippen molar-refractivity contribution < 1.29 is 9.53 Å². The smallest absolute Gasteiger partial charge is 0.237 e. The fourth-order valence-corrected chi connectivity index (χ4v) is 2.60. The van der Waals surface area contributed by atoms with E-state index in [9.17, 15) is 4.79 Å². The van der Waals surface area contributed by atoms with Gasteiger partial charge in [-0.3, -0.25) is 4.79 Å². The Hall–Kier alpha value is -0.610. The fourth-order valence-electron chi connectivity index (χ4n) is 2.60. The summed E-state index contributed by atoms with van der Waals surface area (Å²) in [4.78, 5) is 11.6. The molecule has 4 nitrogen and oxygen atoms in total. The van der Waals surface area contributed by atoms with Crippen molar-refractivity contribution >= 4 is 5.91 Å². The average Bonchev–Trinajstić information content (AvgIpc) is 2.34. The molecule has 0 aliphatic heterocycles. The molecule has 0 saturated carbocycles. The Morgan fingerprint density at radius 2 is 1.85 bits per heavy atom. The highest BCUT2D eigenvalue weighted by atomic mass is 16.5. The van der Waals surface area contributed by atoms with Crippen LogP contribution >= 0.6 is 0 Å². The lowest BCUT2D eigenvalue weighted by Crippen LogP contribution is -2.54. The molecule has 0 saturated heterocycles. The van der Waals surface area contributed by atoms with Crippen LogP contribution in [0, 0.1) is 0 Å². The van der Waals surface area contributed by atoms with Crippen LogP contribution in [-0.4, -0.2) is 30.2 Å². The number of carbonyl (C=O) groups is 1. The van der Waals surface area contributed by atoms with Crippen molar-refractivity contribution in [2.45, 2.75) is 90.9 Å². The summed E-state index contributed by atoms with van der Waals surface area (Å²) in [7, 11) is 0. The van der Waals surface area contributed by atoms with Gasteiger partial charge in [0.25, 0.3) is 0 Å². The lowest BCUT2D eigenvalue weighted by molar-refractivity contribution is -0.126. The standard InChI is InChI=1S/C16H34N2O2/c1-6-8-9-10-11-13(3)20-14(4)12-16(5,15(17)19)18-7-2/h13-14,18H,6-12H2,1-5H3,(H2,17,19). The summed E-state index contributed by atoms with van der Waals surface area (Å²) < 4.78 is 5.97. The van der Waals surface area contributed by atoms with Gasteiger partial charge in [-0.2, -0.15) is 0 Å². The third-order valence-corrected chi connectivity index (χ3v) is 3.74. The number of ether oxygens (including phenoxy) is 1. The topological polar surface area (TPSA) is 64.3 Å². The number of primary amides is 1. The zero-order valence-corrected chi connectivity index (χ0v) is 14.0. The van der Waals surface area contributed by atoms with Gasteiger partial charge in [0.15, 0.2) is 0 Å². The fraction of sp³-hybridized carbons (Fsp3) is 0.938. The number of likely N-dealkylation sites (N-methyl/N-ethyl adjacent to an activating group) is 1. The molecule has 0 bridgehead atoms. The van der Waals surface area contributed by atoms with Crippen molar-refractivity contribution in [3.8, 4) is 0 Å². The largest absolute Gasteiger partial charge is 0.375 e. The van der Waals surface area contributed by atoms with Crippen molar-refractivity contribution in [3.63, 3.8) is 0 Å². The van der Waals surface area contributed by atoms with E-state index >= 15 is 0 Å². The van der Waals surface area contributed by atoms with Gasteiger partial charge in [-0.15, -0.1) is 0 Å². The predicted octanol–water partition coefficient (Wildman–Crippen LogP) is 2.99. The molecule has 0 aliphatic rings. The number of hydrogen-bond acceptors (Lipinski definition) is 3. The minimum absolute atomic E-state index is 0.0210. The van der Waals surface area contributed by atoms with E-state index in [1.807, 2.05) is 20.8 Å². The number of nitrogens with two attached hydrogens (primary N) is 1. The Morgan fingerprint density at radius 1 is 1.20 bits per heavy atom. The Bertz CT molecular complexity index is 271. The molecule has 3 atom stereocenters. The first-order chi connectivity index (χ1) is 9.35. The number of carbonyl (C=O) groups excluding carboxylic acids is 1. The van der Waals surface area contributed by atoms with Gasteiger partial charge < -0.3 is 15.8 Å². The molecule has 0 aromatic heterocycles. The minimum atomic E-state index is -0.684. The van der Waals surface area contributed by atoms with Crippen molar-refractivity contribution in [2.24, 2.45) is 5.73 Å². The van der Waals surface area contributed by atoms with Crippen LogP contribution in [0.4, 0.5) is 0 Å². The van der Waals surface area contributed by atoms with Gasteiger partial charge in [0.2, 0.25) is 5.91 Å². The van der Waals surface area contributed by atoms with E-state index in [1.54, 1.807) is 0 Å². The maximum atomic E-state index is 11.6. The maximum absolute atomic E-state index is 11.6. The average molecular weight is 286 g/mol. The minimum Gasteiger partial charge on any atom is -0.375 e. The van der Waals surface area contributed by atoms with Gasteiger partial charge in [-0.05, 0) is 33.7 Å². The first-order valence-electron chi connectivity index (χ1n) is 8.06. The van der Waals surface area contributed by atoms with Crippen molar-refractivity contribution in [2.75, 3.05) is 6.54 Å². The van der Waals surface area contributed by atoms with Crippen LogP contribution < -0.4 is 11.1 Å². The van der Waals surface area contributed by atoms with Gasteiger partial charge >= 0.3 is 0 Å². The molecule has 3 N–H and O–H groups in total. The zero-order chi connectivity index (χ0) is 15.6. The normalized spacial score (nSPS) is 17.4. The highest BCUT2D eigenvalue weighted by molar-refractivity contribution is 5.84. The summed E-state index contributed by atoms with van der Waals surface area (Å²) >= 11 is 0. The third kappa shape index (κ3) is 7.85. The maximum Gasteiger partial charge on any atom is 0.237 e. The molecule has 1 amide bonds. The molecular weight excluding hydrogens is 252 g/mol. The molecule has 3 unspecified atom stereocenters. The summed E-state index contributed by atoms with van der Waals surface area (Å²) in [6.45, 7) is 10.9. The third-order valence-electron chi connectivity index (χ3n) is 3.74. The molecule has 0 aromatic rings. The molecule has 0 aromatic carbocycles. The van der Waals surface area contributed by atoms with Gasteiger partial charge in [0.05, 0.1) is 17.7 Å². The molecule has 120 valence electrons. The zero-order valence-electron chi connectivity index (χ0n) is 14.0. The molecular formula is C16H34N2O2. The molecule has 0 radical (unpaired) electrons. The van der Waals surface area contributed by atoms with E-state index < -0.39 is 5.54 Å². The molecule has 0 spiro atoms.